The van der Waals surface area contributed by atoms with Gasteiger partial charge in [0.15, 0.2) is 0 Å². The van der Waals surface area contributed by atoms with Gasteiger partial charge in [-0.15, -0.1) is 0 Å². The van der Waals surface area contributed by atoms with Gasteiger partial charge in [-0.25, -0.2) is 4.79 Å². The molecule has 18 heavy (non-hydrogen) atoms. The third-order valence-corrected chi connectivity index (χ3v) is 2.88. The molecule has 0 atom stereocenters. The van der Waals surface area contributed by atoms with Crippen molar-refractivity contribution in [3.05, 3.63) is 54.0 Å². The number of rotatable bonds is 3. The van der Waals surface area contributed by atoms with Gasteiger partial charge in [0.05, 0.1) is 18.3 Å². The summed E-state index contributed by atoms with van der Waals surface area (Å²) in [6.07, 6.45) is 5.09. The first-order chi connectivity index (χ1) is 8.75. The Labute approximate surface area is 102 Å². The average molecular weight is 242 g/mol. The Balaban J connectivity index is 2.09. The van der Waals surface area contributed by atoms with Crippen LogP contribution < -0.4 is 0 Å². The minimum absolute atomic E-state index is 0.316. The van der Waals surface area contributed by atoms with Gasteiger partial charge >= 0.3 is 5.97 Å². The van der Waals surface area contributed by atoms with Crippen LogP contribution in [0.25, 0.3) is 10.9 Å². The highest BCUT2D eigenvalue weighted by Gasteiger charge is 2.11. The zero-order chi connectivity index (χ0) is 12.5. The molecular weight excluding hydrogens is 232 g/mol. The first kappa shape index (κ1) is 10.6. The van der Waals surface area contributed by atoms with Crippen molar-refractivity contribution in [2.24, 2.45) is 0 Å². The van der Waals surface area contributed by atoms with E-state index in [4.69, 9.17) is 9.63 Å². The van der Waals surface area contributed by atoms with Gasteiger partial charge < -0.3 is 14.2 Å². The van der Waals surface area contributed by atoms with Crippen LogP contribution >= 0.6 is 0 Å². The highest BCUT2D eigenvalue weighted by atomic mass is 16.5. The fourth-order valence-electron chi connectivity index (χ4n) is 2.05. The highest BCUT2D eigenvalue weighted by molar-refractivity contribution is 6.02. The van der Waals surface area contributed by atoms with Gasteiger partial charge in [-0.05, 0) is 18.2 Å². The standard InChI is InChI=1S/C13H10N2O3/c16-13(17)11-2-1-3-12-10(11)4-5-15(12)7-9-6-14-18-8-9/h1-6,8H,7H2,(H,16,17). The van der Waals surface area contributed by atoms with Gasteiger partial charge in [-0.1, -0.05) is 11.2 Å². The number of carbonyl (C=O) groups is 1. The molecule has 3 aromatic rings. The first-order valence-electron chi connectivity index (χ1n) is 5.45. The van der Waals surface area contributed by atoms with E-state index in [2.05, 4.69) is 5.16 Å². The maximum Gasteiger partial charge on any atom is 0.336 e. The van der Waals surface area contributed by atoms with E-state index < -0.39 is 5.97 Å². The summed E-state index contributed by atoms with van der Waals surface area (Å²) >= 11 is 0. The van der Waals surface area contributed by atoms with E-state index in [9.17, 15) is 4.79 Å². The molecule has 0 amide bonds. The second-order valence-electron chi connectivity index (χ2n) is 4.02. The van der Waals surface area contributed by atoms with E-state index >= 15 is 0 Å². The van der Waals surface area contributed by atoms with Crippen molar-refractivity contribution < 1.29 is 14.4 Å². The van der Waals surface area contributed by atoms with Gasteiger partial charge in [-0.3, -0.25) is 0 Å². The zero-order valence-corrected chi connectivity index (χ0v) is 9.41. The van der Waals surface area contributed by atoms with Crippen molar-refractivity contribution in [2.75, 3.05) is 0 Å². The van der Waals surface area contributed by atoms with E-state index in [1.54, 1.807) is 24.6 Å². The van der Waals surface area contributed by atoms with Crippen molar-refractivity contribution in [1.29, 1.82) is 0 Å². The molecule has 0 radical (unpaired) electrons. The quantitative estimate of drug-likeness (QED) is 0.765. The van der Waals surface area contributed by atoms with Crippen molar-refractivity contribution in [3.8, 4) is 0 Å². The predicted molar refractivity (Wildman–Crippen MR) is 64.5 cm³/mol. The Morgan fingerprint density at radius 2 is 2.28 bits per heavy atom. The average Bonchev–Trinajstić information content (AvgIpc) is 2.99. The van der Waals surface area contributed by atoms with Gasteiger partial charge in [-0.2, -0.15) is 0 Å². The molecule has 5 heteroatoms. The molecule has 0 fully saturated rings. The number of aromatic carboxylic acids is 1. The summed E-state index contributed by atoms with van der Waals surface area (Å²) in [7, 11) is 0. The SMILES string of the molecule is O=C(O)c1cccc2c1ccn2Cc1cnoc1. The Bertz CT molecular complexity index is 698. The van der Waals surface area contributed by atoms with Crippen molar-refractivity contribution in [3.63, 3.8) is 0 Å². The Morgan fingerprint density at radius 1 is 1.39 bits per heavy atom. The minimum atomic E-state index is -0.914. The number of hydrogen-bond acceptors (Lipinski definition) is 3. The van der Waals surface area contributed by atoms with Gasteiger partial charge in [0.2, 0.25) is 0 Å². The Morgan fingerprint density at radius 3 is 3.00 bits per heavy atom. The molecule has 0 saturated carbocycles. The van der Waals surface area contributed by atoms with Crippen LogP contribution in [0.5, 0.6) is 0 Å². The largest absolute Gasteiger partial charge is 0.478 e. The summed E-state index contributed by atoms with van der Waals surface area (Å²) in [5, 5.41) is 13.5. The molecule has 1 aromatic carbocycles. The lowest BCUT2D eigenvalue weighted by Gasteiger charge is -2.03. The molecule has 0 spiro atoms. The lowest BCUT2D eigenvalue weighted by atomic mass is 10.1. The van der Waals surface area contributed by atoms with Crippen LogP contribution in [0.1, 0.15) is 15.9 Å². The number of benzene rings is 1. The van der Waals surface area contributed by atoms with Crippen LogP contribution in [0.4, 0.5) is 0 Å². The van der Waals surface area contributed by atoms with Gasteiger partial charge in [0, 0.05) is 22.7 Å². The number of aromatic nitrogens is 2. The molecule has 5 nitrogen and oxygen atoms in total. The molecule has 0 aliphatic carbocycles. The summed E-state index contributed by atoms with van der Waals surface area (Å²) < 4.78 is 6.75. The Hall–Kier alpha value is -2.56. The molecule has 3 rings (SSSR count). The van der Waals surface area contributed by atoms with Gasteiger partial charge in [0.25, 0.3) is 0 Å². The van der Waals surface area contributed by atoms with Crippen LogP contribution in [0.2, 0.25) is 0 Å². The second kappa shape index (κ2) is 4.03. The molecule has 0 saturated heterocycles. The Kier molecular flexibility index (Phi) is 2.37. The summed E-state index contributed by atoms with van der Waals surface area (Å²) in [5.74, 6) is -0.914. The topological polar surface area (TPSA) is 68.3 Å². The van der Waals surface area contributed by atoms with E-state index in [0.717, 1.165) is 16.5 Å². The smallest absolute Gasteiger partial charge is 0.336 e. The fraction of sp³-hybridized carbons (Fsp3) is 0.0769. The molecule has 0 bridgehead atoms. The molecule has 1 N–H and O–H groups in total. The summed E-state index contributed by atoms with van der Waals surface area (Å²) in [5.41, 5.74) is 2.14. The van der Waals surface area contributed by atoms with Crippen LogP contribution in [-0.2, 0) is 6.54 Å². The normalized spacial score (nSPS) is 10.9. The summed E-state index contributed by atoms with van der Waals surface area (Å²) in [4.78, 5) is 11.1. The molecule has 2 aromatic heterocycles. The first-order valence-corrected chi connectivity index (χ1v) is 5.45. The maximum absolute atomic E-state index is 11.1. The summed E-state index contributed by atoms with van der Waals surface area (Å²) in [6, 6.07) is 7.06. The summed E-state index contributed by atoms with van der Waals surface area (Å²) in [6.45, 7) is 0.607. The van der Waals surface area contributed by atoms with Gasteiger partial charge in [0.1, 0.15) is 6.26 Å². The zero-order valence-electron chi connectivity index (χ0n) is 9.41. The van der Waals surface area contributed by atoms with E-state index in [1.807, 2.05) is 22.9 Å². The second-order valence-corrected chi connectivity index (χ2v) is 4.02. The number of nitrogens with zero attached hydrogens (tertiary/aromatic N) is 2. The number of hydrogen-bond donors (Lipinski definition) is 1. The number of carboxylic acid groups (broad SMARTS) is 1. The lowest BCUT2D eigenvalue weighted by Crippen LogP contribution is -1.99. The minimum Gasteiger partial charge on any atom is -0.478 e. The molecule has 2 heterocycles. The van der Waals surface area contributed by atoms with E-state index in [-0.39, 0.29) is 0 Å². The fourth-order valence-corrected chi connectivity index (χ4v) is 2.05. The predicted octanol–water partition coefficient (Wildman–Crippen LogP) is 2.38. The maximum atomic E-state index is 11.1. The van der Waals surface area contributed by atoms with Crippen LogP contribution in [0.3, 0.4) is 0 Å². The highest BCUT2D eigenvalue weighted by Crippen LogP contribution is 2.21. The third kappa shape index (κ3) is 1.66. The van der Waals surface area contributed by atoms with Crippen LogP contribution in [0.15, 0.2) is 47.4 Å². The third-order valence-electron chi connectivity index (χ3n) is 2.88. The van der Waals surface area contributed by atoms with E-state index in [1.165, 1.54) is 0 Å². The number of fused-ring (bicyclic) bond motifs is 1. The van der Waals surface area contributed by atoms with Crippen molar-refractivity contribution in [1.82, 2.24) is 9.72 Å². The lowest BCUT2D eigenvalue weighted by molar-refractivity contribution is 0.0699. The molecule has 0 aliphatic heterocycles. The molecule has 0 unspecified atom stereocenters. The number of carboxylic acids is 1. The van der Waals surface area contributed by atoms with Crippen LogP contribution in [0, 0.1) is 0 Å². The monoisotopic (exact) mass is 242 g/mol. The molecule has 90 valence electrons. The molecular formula is C13H10N2O3. The van der Waals surface area contributed by atoms with Crippen LogP contribution in [-0.4, -0.2) is 20.8 Å². The van der Waals surface area contributed by atoms with E-state index in [0.29, 0.717) is 12.1 Å². The molecule has 0 aliphatic rings. The van der Waals surface area contributed by atoms with Crippen molar-refractivity contribution >= 4 is 16.9 Å². The van der Waals surface area contributed by atoms with Crippen molar-refractivity contribution in [2.45, 2.75) is 6.54 Å².